The highest BCUT2D eigenvalue weighted by molar-refractivity contribution is 6.00. The Kier molecular flexibility index (Phi) is 6.65. The van der Waals surface area contributed by atoms with Crippen LogP contribution in [-0.4, -0.2) is 32.2 Å². The summed E-state index contributed by atoms with van der Waals surface area (Å²) in [7, 11) is 1.54. The number of carbonyl (C=O) groups excluding carboxylic acids is 2. The van der Waals surface area contributed by atoms with Gasteiger partial charge in [-0.3, -0.25) is 4.79 Å². The summed E-state index contributed by atoms with van der Waals surface area (Å²) in [6, 6.07) is 13.5. The van der Waals surface area contributed by atoms with Crippen molar-refractivity contribution >= 4 is 23.3 Å². The number of ether oxygens (including phenoxy) is 2. The van der Waals surface area contributed by atoms with Crippen molar-refractivity contribution < 1.29 is 19.1 Å². The Morgan fingerprint density at radius 2 is 1.72 bits per heavy atom. The lowest BCUT2D eigenvalue weighted by atomic mass is 10.3. The lowest BCUT2D eigenvalue weighted by Crippen LogP contribution is -2.28. The van der Waals surface area contributed by atoms with E-state index in [2.05, 4.69) is 16.0 Å². The van der Waals surface area contributed by atoms with Crippen LogP contribution in [0, 0.1) is 0 Å². The van der Waals surface area contributed by atoms with Gasteiger partial charge in [0.25, 0.3) is 5.91 Å². The first-order valence-corrected chi connectivity index (χ1v) is 7.83. The smallest absolute Gasteiger partial charge is 0.323 e. The van der Waals surface area contributed by atoms with Crippen LogP contribution in [0.25, 0.3) is 0 Å². The Morgan fingerprint density at radius 1 is 1.00 bits per heavy atom. The zero-order valence-corrected chi connectivity index (χ0v) is 14.2. The molecule has 7 heteroatoms. The van der Waals surface area contributed by atoms with Crippen molar-refractivity contribution in [1.29, 1.82) is 0 Å². The predicted molar refractivity (Wildman–Crippen MR) is 96.3 cm³/mol. The van der Waals surface area contributed by atoms with Crippen LogP contribution < -0.4 is 25.4 Å². The summed E-state index contributed by atoms with van der Waals surface area (Å²) in [5, 5.41) is 8.08. The van der Waals surface area contributed by atoms with Gasteiger partial charge >= 0.3 is 6.03 Å². The lowest BCUT2D eigenvalue weighted by molar-refractivity contribution is -0.122. The summed E-state index contributed by atoms with van der Waals surface area (Å²) >= 11 is 0. The van der Waals surface area contributed by atoms with Gasteiger partial charge in [-0.15, -0.1) is 0 Å². The molecule has 2 rings (SSSR count). The minimum atomic E-state index is -0.388. The maximum Gasteiger partial charge on any atom is 0.323 e. The minimum absolute atomic E-state index is 0.0467. The molecule has 0 saturated heterocycles. The van der Waals surface area contributed by atoms with E-state index in [1.54, 1.807) is 42.5 Å². The Hall–Kier alpha value is -3.22. The predicted octanol–water partition coefficient (Wildman–Crippen LogP) is 2.85. The van der Waals surface area contributed by atoms with Crippen molar-refractivity contribution in [2.75, 3.05) is 30.9 Å². The minimum Gasteiger partial charge on any atom is -0.495 e. The summed E-state index contributed by atoms with van der Waals surface area (Å²) in [6.45, 7) is 2.36. The van der Waals surface area contributed by atoms with Gasteiger partial charge in [0.05, 0.1) is 12.8 Å². The third-order valence-electron chi connectivity index (χ3n) is 3.21. The molecule has 0 spiro atoms. The molecule has 0 aromatic heterocycles. The fraction of sp³-hybridized carbons (Fsp3) is 0.222. The summed E-state index contributed by atoms with van der Waals surface area (Å²) < 4.78 is 10.5. The van der Waals surface area contributed by atoms with Crippen LogP contribution in [0.1, 0.15) is 6.92 Å². The van der Waals surface area contributed by atoms with Crippen LogP contribution in [0.3, 0.4) is 0 Å². The van der Waals surface area contributed by atoms with E-state index in [0.717, 1.165) is 0 Å². The van der Waals surface area contributed by atoms with Gasteiger partial charge in [0.2, 0.25) is 0 Å². The molecular weight excluding hydrogens is 322 g/mol. The third-order valence-corrected chi connectivity index (χ3v) is 3.21. The Bertz CT molecular complexity index is 717. The second kappa shape index (κ2) is 9.17. The first-order chi connectivity index (χ1) is 12.1. The molecule has 0 aliphatic rings. The lowest BCUT2D eigenvalue weighted by Gasteiger charge is -2.11. The molecule has 7 nitrogen and oxygen atoms in total. The topological polar surface area (TPSA) is 88.7 Å². The maximum absolute atomic E-state index is 12.1. The second-order valence-corrected chi connectivity index (χ2v) is 5.05. The SMILES string of the molecule is CCNC(=O)COc1ccc(NC(=O)Nc2ccccc2OC)cc1. The molecule has 0 saturated carbocycles. The summed E-state index contributed by atoms with van der Waals surface area (Å²) in [6.07, 6.45) is 0. The number of hydrogen-bond donors (Lipinski definition) is 3. The van der Waals surface area contributed by atoms with E-state index in [1.807, 2.05) is 13.0 Å². The van der Waals surface area contributed by atoms with Crippen molar-refractivity contribution in [3.8, 4) is 11.5 Å². The van der Waals surface area contributed by atoms with Crippen molar-refractivity contribution in [2.45, 2.75) is 6.92 Å². The van der Waals surface area contributed by atoms with E-state index >= 15 is 0 Å². The Morgan fingerprint density at radius 3 is 2.40 bits per heavy atom. The highest BCUT2D eigenvalue weighted by atomic mass is 16.5. The van der Waals surface area contributed by atoms with Gasteiger partial charge in [-0.05, 0) is 43.3 Å². The number of urea groups is 1. The molecule has 3 amide bonds. The number of amides is 3. The Labute approximate surface area is 146 Å². The fourth-order valence-electron chi connectivity index (χ4n) is 2.06. The monoisotopic (exact) mass is 343 g/mol. The van der Waals surface area contributed by atoms with Crippen molar-refractivity contribution in [1.82, 2.24) is 5.32 Å². The third kappa shape index (κ3) is 5.72. The van der Waals surface area contributed by atoms with E-state index in [9.17, 15) is 9.59 Å². The zero-order chi connectivity index (χ0) is 18.1. The molecule has 0 unspecified atom stereocenters. The standard InChI is InChI=1S/C18H21N3O4/c1-3-19-17(22)12-25-14-10-8-13(9-11-14)20-18(23)21-15-6-4-5-7-16(15)24-2/h4-11H,3,12H2,1-2H3,(H,19,22)(H2,20,21,23). The van der Waals surface area contributed by atoms with Gasteiger partial charge in [0.15, 0.2) is 6.61 Å². The van der Waals surface area contributed by atoms with E-state index in [-0.39, 0.29) is 18.5 Å². The van der Waals surface area contributed by atoms with E-state index in [4.69, 9.17) is 9.47 Å². The number of anilines is 2. The molecule has 0 fully saturated rings. The van der Waals surface area contributed by atoms with Crippen LogP contribution in [0.4, 0.5) is 16.2 Å². The van der Waals surface area contributed by atoms with Gasteiger partial charge in [0.1, 0.15) is 11.5 Å². The van der Waals surface area contributed by atoms with Crippen LogP contribution >= 0.6 is 0 Å². The van der Waals surface area contributed by atoms with Crippen molar-refractivity contribution in [2.24, 2.45) is 0 Å². The number of para-hydroxylation sites is 2. The first-order valence-electron chi connectivity index (χ1n) is 7.83. The quantitative estimate of drug-likeness (QED) is 0.721. The van der Waals surface area contributed by atoms with Crippen LogP contribution in [0.5, 0.6) is 11.5 Å². The molecule has 132 valence electrons. The van der Waals surface area contributed by atoms with Gasteiger partial charge in [0, 0.05) is 12.2 Å². The number of benzene rings is 2. The van der Waals surface area contributed by atoms with E-state index in [0.29, 0.717) is 29.4 Å². The molecule has 0 aliphatic heterocycles. The normalized spacial score (nSPS) is 9.84. The summed E-state index contributed by atoms with van der Waals surface area (Å²) in [5.41, 5.74) is 1.17. The number of carbonyl (C=O) groups is 2. The molecule has 2 aromatic rings. The van der Waals surface area contributed by atoms with E-state index < -0.39 is 0 Å². The van der Waals surface area contributed by atoms with E-state index in [1.165, 1.54) is 7.11 Å². The molecule has 25 heavy (non-hydrogen) atoms. The average molecular weight is 343 g/mol. The second-order valence-electron chi connectivity index (χ2n) is 5.05. The molecule has 0 atom stereocenters. The van der Waals surface area contributed by atoms with Gasteiger partial charge < -0.3 is 25.4 Å². The molecule has 0 bridgehead atoms. The van der Waals surface area contributed by atoms with Crippen LogP contribution in [0.15, 0.2) is 48.5 Å². The van der Waals surface area contributed by atoms with Crippen LogP contribution in [0.2, 0.25) is 0 Å². The average Bonchev–Trinajstić information content (AvgIpc) is 2.62. The highest BCUT2D eigenvalue weighted by Crippen LogP contribution is 2.23. The van der Waals surface area contributed by atoms with Crippen LogP contribution in [-0.2, 0) is 4.79 Å². The fourth-order valence-corrected chi connectivity index (χ4v) is 2.06. The summed E-state index contributed by atoms with van der Waals surface area (Å²) in [5.74, 6) is 0.939. The number of methoxy groups -OCH3 is 1. The first kappa shape index (κ1) is 18.1. The largest absolute Gasteiger partial charge is 0.495 e. The maximum atomic E-state index is 12.1. The Balaban J connectivity index is 1.88. The highest BCUT2D eigenvalue weighted by Gasteiger charge is 2.07. The van der Waals surface area contributed by atoms with Gasteiger partial charge in [-0.1, -0.05) is 12.1 Å². The van der Waals surface area contributed by atoms with Gasteiger partial charge in [-0.2, -0.15) is 0 Å². The molecular formula is C18H21N3O4. The van der Waals surface area contributed by atoms with Crippen molar-refractivity contribution in [3.05, 3.63) is 48.5 Å². The number of likely N-dealkylation sites (N-methyl/N-ethyl adjacent to an activating group) is 1. The number of hydrogen-bond acceptors (Lipinski definition) is 4. The van der Waals surface area contributed by atoms with Crippen molar-refractivity contribution in [3.63, 3.8) is 0 Å². The molecule has 2 aromatic carbocycles. The molecule has 0 aliphatic carbocycles. The van der Waals surface area contributed by atoms with Gasteiger partial charge in [-0.25, -0.2) is 4.79 Å². The molecule has 3 N–H and O–H groups in total. The molecule has 0 radical (unpaired) electrons. The number of rotatable bonds is 7. The summed E-state index contributed by atoms with van der Waals surface area (Å²) in [4.78, 5) is 23.4. The number of nitrogens with one attached hydrogen (secondary N) is 3. The zero-order valence-electron chi connectivity index (χ0n) is 14.2. The molecule has 0 heterocycles.